The summed E-state index contributed by atoms with van der Waals surface area (Å²) in [6, 6.07) is -0.509. The zero-order valence-corrected chi connectivity index (χ0v) is 10.1. The van der Waals surface area contributed by atoms with Gasteiger partial charge in [0.15, 0.2) is 0 Å². The number of halogens is 1. The molecule has 0 aromatic carbocycles. The van der Waals surface area contributed by atoms with E-state index in [-0.39, 0.29) is 12.4 Å². The molecule has 0 atom stereocenters. The van der Waals surface area contributed by atoms with Gasteiger partial charge in [0.25, 0.3) is 0 Å². The molecular weight excluding hydrogens is 232 g/mol. The summed E-state index contributed by atoms with van der Waals surface area (Å²) < 4.78 is 0. The Labute approximate surface area is 99.8 Å². The zero-order chi connectivity index (χ0) is 12.0. The Hall–Kier alpha value is -0.880. The minimum absolute atomic E-state index is 0.126. The minimum Gasteiger partial charge on any atom is -0.269 e. The molecule has 1 rings (SSSR count). The second-order valence-corrected chi connectivity index (χ2v) is 4.36. The Bertz CT molecular complexity index is 244. The predicted molar refractivity (Wildman–Crippen MR) is 61.7 cm³/mol. The van der Waals surface area contributed by atoms with E-state index in [1.165, 1.54) is 0 Å². The van der Waals surface area contributed by atoms with E-state index in [1.807, 2.05) is 5.01 Å². The molecule has 1 aliphatic rings. The molecule has 16 heavy (non-hydrogen) atoms. The van der Waals surface area contributed by atoms with Crippen LogP contribution in [0, 0.1) is 10.8 Å². The first kappa shape index (κ1) is 13.2. The molecule has 7 heteroatoms. The number of amides is 2. The van der Waals surface area contributed by atoms with E-state index in [4.69, 9.17) is 11.6 Å². The number of alkyl halides is 1. The lowest BCUT2D eigenvalue weighted by molar-refractivity contribution is 0.117. The van der Waals surface area contributed by atoms with Gasteiger partial charge in [-0.25, -0.2) is 9.80 Å². The molecule has 0 radical (unpaired) electrons. The third kappa shape index (κ3) is 3.94. The van der Waals surface area contributed by atoms with Crippen molar-refractivity contribution in [1.29, 1.82) is 0 Å². The number of nitrogens with zero attached hydrogens (tertiary/aromatic N) is 3. The fraction of sp³-hybridized carbons (Fsp3) is 0.889. The van der Waals surface area contributed by atoms with Crippen molar-refractivity contribution in [3.63, 3.8) is 0 Å². The second-order valence-electron chi connectivity index (χ2n) is 3.98. The number of nitrogens with one attached hydrogen (secondary N) is 1. The lowest BCUT2D eigenvalue weighted by Crippen LogP contribution is -2.50. The molecule has 0 aliphatic carbocycles. The molecule has 0 spiro atoms. The van der Waals surface area contributed by atoms with Gasteiger partial charge in [0.2, 0.25) is 0 Å². The van der Waals surface area contributed by atoms with Crippen LogP contribution < -0.4 is 5.43 Å². The number of carbonyl (C=O) groups excluding carboxylic acids is 1. The number of rotatable bonds is 4. The van der Waals surface area contributed by atoms with Gasteiger partial charge in [-0.15, -0.1) is 16.5 Å². The number of hydrazine groups is 1. The molecule has 0 saturated carbocycles. The van der Waals surface area contributed by atoms with Crippen molar-refractivity contribution in [2.24, 2.45) is 11.2 Å². The van der Waals surface area contributed by atoms with E-state index in [9.17, 15) is 9.70 Å². The van der Waals surface area contributed by atoms with Crippen molar-refractivity contribution in [2.45, 2.75) is 19.8 Å². The largest absolute Gasteiger partial charge is 0.354 e. The second kappa shape index (κ2) is 6.65. The summed E-state index contributed by atoms with van der Waals surface area (Å²) >= 11 is 5.45. The van der Waals surface area contributed by atoms with Crippen LogP contribution >= 0.6 is 11.6 Å². The molecule has 1 heterocycles. The Kier molecular flexibility index (Phi) is 5.48. The van der Waals surface area contributed by atoms with Crippen molar-refractivity contribution in [3.8, 4) is 0 Å². The average molecular weight is 249 g/mol. The minimum atomic E-state index is -0.509. The third-order valence-electron chi connectivity index (χ3n) is 2.67. The highest BCUT2D eigenvalue weighted by molar-refractivity contribution is 6.18. The summed E-state index contributed by atoms with van der Waals surface area (Å²) in [7, 11) is 0. The first-order valence-corrected chi connectivity index (χ1v) is 5.93. The lowest BCUT2D eigenvalue weighted by Gasteiger charge is -2.30. The molecule has 1 saturated heterocycles. The smallest absolute Gasteiger partial charge is 0.269 e. The highest BCUT2D eigenvalue weighted by Crippen LogP contribution is 2.14. The van der Waals surface area contributed by atoms with Crippen molar-refractivity contribution in [1.82, 2.24) is 15.4 Å². The fourth-order valence-corrected chi connectivity index (χ4v) is 1.73. The topological polar surface area (TPSA) is 65.0 Å². The fourth-order valence-electron chi connectivity index (χ4n) is 1.57. The molecule has 0 aromatic heterocycles. The maximum atomic E-state index is 11.5. The van der Waals surface area contributed by atoms with Crippen LogP contribution in [-0.4, -0.2) is 41.6 Å². The summed E-state index contributed by atoms with van der Waals surface area (Å²) in [5.74, 6) is 0.882. The van der Waals surface area contributed by atoms with E-state index < -0.39 is 6.03 Å². The van der Waals surface area contributed by atoms with E-state index >= 15 is 0 Å². The maximum Gasteiger partial charge on any atom is 0.354 e. The predicted octanol–water partition coefficient (Wildman–Crippen LogP) is 1.57. The van der Waals surface area contributed by atoms with Gasteiger partial charge >= 0.3 is 6.03 Å². The summed E-state index contributed by atoms with van der Waals surface area (Å²) in [5.41, 5.74) is 2.64. The lowest BCUT2D eigenvalue weighted by atomic mass is 10.0. The Balaban J connectivity index is 2.35. The number of carbonyl (C=O) groups is 1. The normalized spacial score (nSPS) is 18.1. The SMILES string of the molecule is CC1CCN(NC(=O)N(CCCl)N=O)CC1. The molecule has 1 aliphatic heterocycles. The molecule has 6 nitrogen and oxygen atoms in total. The molecule has 1 N–H and O–H groups in total. The number of hydrogen-bond acceptors (Lipinski definition) is 4. The molecular formula is C9H17ClN4O2. The standard InChI is InChI=1S/C9H17ClN4O2/c1-8-2-5-13(6-3-8)11-9(15)14(12-16)7-4-10/h8H,2-7H2,1H3,(H,11,15). The van der Waals surface area contributed by atoms with Gasteiger partial charge in [-0.1, -0.05) is 6.92 Å². The van der Waals surface area contributed by atoms with E-state index in [1.54, 1.807) is 0 Å². The zero-order valence-electron chi connectivity index (χ0n) is 9.36. The highest BCUT2D eigenvalue weighted by Gasteiger charge is 2.20. The van der Waals surface area contributed by atoms with Gasteiger partial charge in [-0.2, -0.15) is 5.01 Å². The van der Waals surface area contributed by atoms with Gasteiger partial charge in [0.1, 0.15) is 0 Å². The molecule has 0 aromatic rings. The quantitative estimate of drug-likeness (QED) is 0.467. The van der Waals surface area contributed by atoms with Crippen LogP contribution in [0.4, 0.5) is 4.79 Å². The van der Waals surface area contributed by atoms with Gasteiger partial charge < -0.3 is 0 Å². The van der Waals surface area contributed by atoms with Crippen LogP contribution in [0.1, 0.15) is 19.8 Å². The number of nitroso groups, excluding NO2 is 1. The first-order valence-electron chi connectivity index (χ1n) is 5.39. The maximum absolute atomic E-state index is 11.5. The van der Waals surface area contributed by atoms with Crippen LogP contribution in [0.3, 0.4) is 0 Å². The Morgan fingerprint density at radius 1 is 1.56 bits per heavy atom. The number of piperidine rings is 1. The summed E-state index contributed by atoms with van der Waals surface area (Å²) in [6.45, 7) is 3.92. The van der Waals surface area contributed by atoms with Crippen LogP contribution in [0.25, 0.3) is 0 Å². The van der Waals surface area contributed by atoms with Crippen molar-refractivity contribution < 1.29 is 4.79 Å². The van der Waals surface area contributed by atoms with Crippen LogP contribution in [-0.2, 0) is 0 Å². The third-order valence-corrected chi connectivity index (χ3v) is 2.84. The number of hydrogen-bond donors (Lipinski definition) is 1. The molecule has 2 amide bonds. The first-order chi connectivity index (χ1) is 7.67. The molecule has 0 bridgehead atoms. The average Bonchev–Trinajstić information content (AvgIpc) is 2.29. The van der Waals surface area contributed by atoms with Gasteiger partial charge in [-0.05, 0) is 18.8 Å². The van der Waals surface area contributed by atoms with Crippen molar-refractivity contribution >= 4 is 17.6 Å². The van der Waals surface area contributed by atoms with Gasteiger partial charge in [0, 0.05) is 19.0 Å². The van der Waals surface area contributed by atoms with E-state index in [0.717, 1.165) is 30.9 Å². The van der Waals surface area contributed by atoms with Crippen LogP contribution in [0.2, 0.25) is 0 Å². The summed E-state index contributed by atoms with van der Waals surface area (Å²) in [6.07, 6.45) is 2.09. The summed E-state index contributed by atoms with van der Waals surface area (Å²) in [4.78, 5) is 21.9. The van der Waals surface area contributed by atoms with E-state index in [0.29, 0.717) is 5.92 Å². The Morgan fingerprint density at radius 2 is 2.19 bits per heavy atom. The van der Waals surface area contributed by atoms with Crippen LogP contribution in [0.5, 0.6) is 0 Å². The van der Waals surface area contributed by atoms with Crippen molar-refractivity contribution in [3.05, 3.63) is 4.91 Å². The van der Waals surface area contributed by atoms with Crippen LogP contribution in [0.15, 0.2) is 5.29 Å². The van der Waals surface area contributed by atoms with Gasteiger partial charge in [-0.3, -0.25) is 5.43 Å². The highest BCUT2D eigenvalue weighted by atomic mass is 35.5. The summed E-state index contributed by atoms with van der Waals surface area (Å²) in [5, 5.41) is 5.23. The monoisotopic (exact) mass is 248 g/mol. The molecule has 92 valence electrons. The Morgan fingerprint density at radius 3 is 2.69 bits per heavy atom. The number of urea groups is 1. The molecule has 0 unspecified atom stereocenters. The van der Waals surface area contributed by atoms with Gasteiger partial charge in [0.05, 0.1) is 11.8 Å². The molecule has 1 fully saturated rings. The van der Waals surface area contributed by atoms with Crippen molar-refractivity contribution in [2.75, 3.05) is 25.5 Å². The van der Waals surface area contributed by atoms with E-state index in [2.05, 4.69) is 17.6 Å².